The van der Waals surface area contributed by atoms with Crippen LogP contribution in [0, 0.1) is 5.92 Å². The molecule has 2 aromatic rings. The number of carboxylic acids is 1. The molecule has 182 valence electrons. The monoisotopic (exact) mass is 468 g/mol. The fourth-order valence-corrected chi connectivity index (χ4v) is 3.35. The summed E-state index contributed by atoms with van der Waals surface area (Å²) in [5.74, 6) is -2.82. The second kappa shape index (κ2) is 12.4. The topological polar surface area (TPSA) is 151 Å². The summed E-state index contributed by atoms with van der Waals surface area (Å²) in [4.78, 5) is 50.0. The first-order valence-electron chi connectivity index (χ1n) is 11.1. The van der Waals surface area contributed by atoms with E-state index in [4.69, 9.17) is 10.8 Å². The Labute approximate surface area is 199 Å². The molecule has 9 heteroatoms. The van der Waals surface area contributed by atoms with Gasteiger partial charge < -0.3 is 26.8 Å². The van der Waals surface area contributed by atoms with Gasteiger partial charge in [0.25, 0.3) is 5.91 Å². The third-order valence-electron chi connectivity index (χ3n) is 5.18. The van der Waals surface area contributed by atoms with Crippen LogP contribution in [-0.4, -0.2) is 46.9 Å². The Morgan fingerprint density at radius 1 is 0.824 bits per heavy atom. The number of carbonyl (C=O) groups is 4. The number of amides is 3. The van der Waals surface area contributed by atoms with E-state index >= 15 is 0 Å². The Morgan fingerprint density at radius 3 is 2.00 bits per heavy atom. The molecule has 0 aliphatic heterocycles. The molecule has 0 saturated heterocycles. The van der Waals surface area contributed by atoms with Crippen LogP contribution in [0.1, 0.15) is 43.1 Å². The van der Waals surface area contributed by atoms with E-state index in [-0.39, 0.29) is 23.6 Å². The zero-order valence-corrected chi connectivity index (χ0v) is 19.6. The molecule has 0 spiro atoms. The molecule has 3 amide bonds. The third-order valence-corrected chi connectivity index (χ3v) is 5.18. The van der Waals surface area contributed by atoms with Crippen molar-refractivity contribution in [3.63, 3.8) is 0 Å². The van der Waals surface area contributed by atoms with Gasteiger partial charge in [0.2, 0.25) is 11.8 Å². The van der Waals surface area contributed by atoms with Crippen molar-refractivity contribution in [1.29, 1.82) is 0 Å². The molecule has 2 rings (SSSR count). The molecule has 34 heavy (non-hydrogen) atoms. The summed E-state index contributed by atoms with van der Waals surface area (Å²) in [6.07, 6.45) is 0.480. The summed E-state index contributed by atoms with van der Waals surface area (Å²) in [7, 11) is 0. The zero-order valence-electron chi connectivity index (χ0n) is 19.6. The van der Waals surface area contributed by atoms with Gasteiger partial charge in [0.05, 0.1) is 5.56 Å². The van der Waals surface area contributed by atoms with E-state index in [1.165, 1.54) is 6.92 Å². The number of nitrogens with two attached hydrogens (primary N) is 1. The van der Waals surface area contributed by atoms with E-state index in [1.807, 2.05) is 44.2 Å². The van der Waals surface area contributed by atoms with E-state index in [0.29, 0.717) is 6.42 Å². The minimum absolute atomic E-state index is 0.0439. The van der Waals surface area contributed by atoms with E-state index in [9.17, 15) is 19.2 Å². The van der Waals surface area contributed by atoms with E-state index in [0.717, 1.165) is 5.56 Å². The van der Waals surface area contributed by atoms with Crippen LogP contribution in [0.25, 0.3) is 0 Å². The van der Waals surface area contributed by atoms with Crippen molar-refractivity contribution in [3.05, 3.63) is 65.7 Å². The Morgan fingerprint density at radius 2 is 1.41 bits per heavy atom. The molecular weight excluding hydrogens is 436 g/mol. The molecule has 0 fully saturated rings. The molecule has 0 heterocycles. The van der Waals surface area contributed by atoms with Crippen LogP contribution >= 0.6 is 0 Å². The fraction of sp³-hybridized carbons (Fsp3) is 0.360. The quantitative estimate of drug-likeness (QED) is 0.317. The van der Waals surface area contributed by atoms with Crippen LogP contribution in [0.5, 0.6) is 0 Å². The molecule has 0 aromatic heterocycles. The normalized spacial score (nSPS) is 13.4. The number of hydrogen-bond donors (Lipinski definition) is 5. The van der Waals surface area contributed by atoms with Crippen LogP contribution in [0.4, 0.5) is 5.69 Å². The van der Waals surface area contributed by atoms with Crippen molar-refractivity contribution in [2.75, 3.05) is 5.73 Å². The van der Waals surface area contributed by atoms with Gasteiger partial charge in [-0.05, 0) is 37.0 Å². The largest absolute Gasteiger partial charge is 0.480 e. The summed E-state index contributed by atoms with van der Waals surface area (Å²) >= 11 is 0. The number of nitrogens with one attached hydrogen (secondary N) is 3. The van der Waals surface area contributed by atoms with Crippen molar-refractivity contribution >= 4 is 29.4 Å². The van der Waals surface area contributed by atoms with Crippen LogP contribution < -0.4 is 21.7 Å². The van der Waals surface area contributed by atoms with Crippen molar-refractivity contribution in [1.82, 2.24) is 16.0 Å². The highest BCUT2D eigenvalue weighted by Gasteiger charge is 2.29. The lowest BCUT2D eigenvalue weighted by molar-refractivity contribution is -0.141. The van der Waals surface area contributed by atoms with Crippen molar-refractivity contribution in [3.8, 4) is 0 Å². The molecule has 0 bridgehead atoms. The standard InChI is InChI=1S/C25H32N4O5/c1-15(2)13-20(23(31)27-16(3)25(33)34)29-24(32)21(14-17-9-5-4-6-10-17)28-22(30)18-11-7-8-12-19(18)26/h4-12,15-16,20-21H,13-14,26H2,1-3H3,(H,27,31)(H,28,30)(H,29,32)(H,33,34)/t16-,20-,21-/m0/s1. The fourth-order valence-electron chi connectivity index (χ4n) is 3.35. The summed E-state index contributed by atoms with van der Waals surface area (Å²) in [6, 6.07) is 12.6. The molecule has 3 atom stereocenters. The van der Waals surface area contributed by atoms with Crippen LogP contribution in [0.2, 0.25) is 0 Å². The van der Waals surface area contributed by atoms with Crippen LogP contribution in [0.15, 0.2) is 54.6 Å². The van der Waals surface area contributed by atoms with Gasteiger partial charge in [0.1, 0.15) is 18.1 Å². The first-order valence-corrected chi connectivity index (χ1v) is 11.1. The highest BCUT2D eigenvalue weighted by atomic mass is 16.4. The predicted molar refractivity (Wildman–Crippen MR) is 129 cm³/mol. The average molecular weight is 469 g/mol. The molecule has 0 aliphatic rings. The smallest absolute Gasteiger partial charge is 0.325 e. The molecule has 0 unspecified atom stereocenters. The second-order valence-electron chi connectivity index (χ2n) is 8.56. The Kier molecular flexibility index (Phi) is 9.61. The SMILES string of the molecule is CC(C)C[C@H](NC(=O)[C@H](Cc1ccccc1)NC(=O)c1ccccc1N)C(=O)N[C@@H](C)C(=O)O. The van der Waals surface area contributed by atoms with E-state index in [2.05, 4.69) is 16.0 Å². The van der Waals surface area contributed by atoms with Gasteiger partial charge in [0.15, 0.2) is 0 Å². The lowest BCUT2D eigenvalue weighted by Crippen LogP contribution is -2.56. The molecule has 2 aromatic carbocycles. The lowest BCUT2D eigenvalue weighted by atomic mass is 10.0. The lowest BCUT2D eigenvalue weighted by Gasteiger charge is -2.25. The minimum atomic E-state index is -1.18. The molecule has 0 saturated carbocycles. The summed E-state index contributed by atoms with van der Waals surface area (Å²) in [5.41, 5.74) is 7.24. The van der Waals surface area contributed by atoms with Crippen LogP contribution in [0.3, 0.4) is 0 Å². The second-order valence-corrected chi connectivity index (χ2v) is 8.56. The number of nitrogen functional groups attached to an aromatic ring is 1. The predicted octanol–water partition coefficient (Wildman–Crippen LogP) is 1.73. The van der Waals surface area contributed by atoms with Gasteiger partial charge in [-0.3, -0.25) is 19.2 Å². The van der Waals surface area contributed by atoms with Gasteiger partial charge in [-0.2, -0.15) is 0 Å². The maximum Gasteiger partial charge on any atom is 0.325 e. The van der Waals surface area contributed by atoms with Gasteiger partial charge >= 0.3 is 5.97 Å². The number of carboxylic acid groups (broad SMARTS) is 1. The molecule has 0 radical (unpaired) electrons. The van der Waals surface area contributed by atoms with E-state index < -0.39 is 41.8 Å². The molecular formula is C25H32N4O5. The maximum absolute atomic E-state index is 13.3. The highest BCUT2D eigenvalue weighted by Crippen LogP contribution is 2.12. The number of para-hydroxylation sites is 1. The number of hydrogen-bond acceptors (Lipinski definition) is 5. The maximum atomic E-state index is 13.3. The Hall–Kier alpha value is -3.88. The number of benzene rings is 2. The first kappa shape index (κ1) is 26.4. The van der Waals surface area contributed by atoms with Gasteiger partial charge in [-0.25, -0.2) is 0 Å². The van der Waals surface area contributed by atoms with Gasteiger partial charge in [-0.1, -0.05) is 56.3 Å². The molecule has 9 nitrogen and oxygen atoms in total. The number of aliphatic carboxylic acids is 1. The average Bonchev–Trinajstić information content (AvgIpc) is 2.78. The minimum Gasteiger partial charge on any atom is -0.480 e. The Bertz CT molecular complexity index is 1010. The Balaban J connectivity index is 2.25. The summed E-state index contributed by atoms with van der Waals surface area (Å²) in [5, 5.41) is 16.9. The van der Waals surface area contributed by atoms with Crippen molar-refractivity contribution in [2.45, 2.75) is 51.7 Å². The third kappa shape index (κ3) is 7.91. The summed E-state index contributed by atoms with van der Waals surface area (Å²) < 4.78 is 0. The first-order chi connectivity index (χ1) is 16.1. The number of rotatable bonds is 11. The molecule has 6 N–H and O–H groups in total. The van der Waals surface area contributed by atoms with Crippen molar-refractivity contribution < 1.29 is 24.3 Å². The van der Waals surface area contributed by atoms with E-state index in [1.54, 1.807) is 24.3 Å². The van der Waals surface area contributed by atoms with Crippen molar-refractivity contribution in [2.24, 2.45) is 5.92 Å². The number of carbonyl (C=O) groups excluding carboxylic acids is 3. The zero-order chi connectivity index (χ0) is 25.3. The molecule has 0 aliphatic carbocycles. The number of anilines is 1. The van der Waals surface area contributed by atoms with Gasteiger partial charge in [0, 0.05) is 12.1 Å². The van der Waals surface area contributed by atoms with Gasteiger partial charge in [-0.15, -0.1) is 0 Å². The highest BCUT2D eigenvalue weighted by molar-refractivity contribution is 6.02. The van der Waals surface area contributed by atoms with Crippen LogP contribution in [-0.2, 0) is 20.8 Å². The summed E-state index contributed by atoms with van der Waals surface area (Å²) in [6.45, 7) is 5.11.